The molecule has 12 nitrogen and oxygen atoms in total. The molecule has 0 aromatic heterocycles. The molecule has 0 aliphatic heterocycles. The number of hydrogen-bond donors (Lipinski definition) is 6. The number of phosphoric acid groups is 1. The van der Waals surface area contributed by atoms with Crippen molar-refractivity contribution in [2.75, 3.05) is 19.8 Å². The zero-order valence-electron chi connectivity index (χ0n) is 29.5. The SMILES string of the molecule is CC/C=C\C/C=C\C/C=C\C/C=C\CCCOCC(COP(=O)(O)OC1C(O)C(O)C(O)C(O)C1O)OC(=O)CCCCCCCCCC. The van der Waals surface area contributed by atoms with Crippen LogP contribution in [0.1, 0.15) is 110 Å². The van der Waals surface area contributed by atoms with Crippen molar-refractivity contribution in [3.63, 3.8) is 0 Å². The van der Waals surface area contributed by atoms with Gasteiger partial charge in [-0.15, -0.1) is 0 Å². The van der Waals surface area contributed by atoms with E-state index in [1.165, 1.54) is 25.7 Å². The van der Waals surface area contributed by atoms with Gasteiger partial charge in [-0.1, -0.05) is 107 Å². The quantitative estimate of drug-likeness (QED) is 0.0263. The predicted molar refractivity (Wildman–Crippen MR) is 189 cm³/mol. The fraction of sp³-hybridized carbons (Fsp3) is 0.750. The number of unbranched alkanes of at least 4 members (excludes halogenated alkanes) is 8. The molecule has 0 amide bonds. The minimum absolute atomic E-state index is 0.115. The van der Waals surface area contributed by atoms with Gasteiger partial charge in [0.2, 0.25) is 0 Å². The van der Waals surface area contributed by atoms with Gasteiger partial charge in [-0.3, -0.25) is 13.8 Å². The van der Waals surface area contributed by atoms with Gasteiger partial charge in [0, 0.05) is 13.0 Å². The van der Waals surface area contributed by atoms with Gasteiger partial charge in [-0.2, -0.15) is 0 Å². The van der Waals surface area contributed by atoms with E-state index in [4.69, 9.17) is 18.5 Å². The summed E-state index contributed by atoms with van der Waals surface area (Å²) in [5, 5.41) is 49.8. The van der Waals surface area contributed by atoms with Gasteiger partial charge in [0.25, 0.3) is 0 Å². The number of allylic oxidation sites excluding steroid dienone is 8. The van der Waals surface area contributed by atoms with E-state index in [1.807, 2.05) is 0 Å². The summed E-state index contributed by atoms with van der Waals surface area (Å²) >= 11 is 0. The molecule has 0 spiro atoms. The van der Waals surface area contributed by atoms with Crippen LogP contribution in [0.2, 0.25) is 0 Å². The van der Waals surface area contributed by atoms with E-state index in [2.05, 4.69) is 62.5 Å². The average Bonchev–Trinajstić information content (AvgIpc) is 3.08. The number of carbonyl (C=O) groups excluding carboxylic acids is 1. The molecule has 0 saturated heterocycles. The Bertz CT molecular complexity index is 1000. The van der Waals surface area contributed by atoms with Gasteiger partial charge < -0.3 is 39.9 Å². The van der Waals surface area contributed by atoms with Crippen molar-refractivity contribution in [1.29, 1.82) is 0 Å². The largest absolute Gasteiger partial charge is 0.472 e. The van der Waals surface area contributed by atoms with Crippen LogP contribution in [-0.2, 0) is 27.9 Å². The lowest BCUT2D eigenvalue weighted by Gasteiger charge is -2.41. The van der Waals surface area contributed by atoms with Crippen LogP contribution in [0.15, 0.2) is 48.6 Å². The molecule has 1 saturated carbocycles. The monoisotopic (exact) mass is 718 g/mol. The van der Waals surface area contributed by atoms with E-state index in [9.17, 15) is 39.8 Å². The summed E-state index contributed by atoms with van der Waals surface area (Å²) in [5.74, 6) is -0.505. The molecular weight excluding hydrogens is 655 g/mol. The number of ether oxygens (including phenoxy) is 2. The third-order valence-corrected chi connectivity index (χ3v) is 8.95. The fourth-order valence-electron chi connectivity index (χ4n) is 5.06. The van der Waals surface area contributed by atoms with Crippen LogP contribution in [0.25, 0.3) is 0 Å². The van der Waals surface area contributed by atoms with Gasteiger partial charge in [0.15, 0.2) is 0 Å². The molecule has 0 heterocycles. The molecule has 1 rings (SSSR count). The van der Waals surface area contributed by atoms with Gasteiger partial charge >= 0.3 is 13.8 Å². The van der Waals surface area contributed by atoms with Crippen molar-refractivity contribution in [1.82, 2.24) is 0 Å². The Hall–Kier alpha value is -1.70. The normalized spacial score (nSPS) is 25.1. The number of aliphatic hydroxyl groups is 5. The van der Waals surface area contributed by atoms with Gasteiger partial charge in [0.05, 0.1) is 13.2 Å². The maximum Gasteiger partial charge on any atom is 0.472 e. The molecule has 1 aliphatic carbocycles. The molecule has 0 aromatic carbocycles. The van der Waals surface area contributed by atoms with E-state index in [0.29, 0.717) is 19.4 Å². The topological polar surface area (TPSA) is 192 Å². The van der Waals surface area contributed by atoms with Crippen molar-refractivity contribution >= 4 is 13.8 Å². The number of esters is 1. The van der Waals surface area contributed by atoms with E-state index in [-0.39, 0.29) is 13.0 Å². The highest BCUT2D eigenvalue weighted by atomic mass is 31.2. The van der Waals surface area contributed by atoms with Crippen LogP contribution in [0, 0.1) is 0 Å². The van der Waals surface area contributed by atoms with Crippen LogP contribution < -0.4 is 0 Å². The second kappa shape index (κ2) is 28.0. The second-order valence-electron chi connectivity index (χ2n) is 12.3. The van der Waals surface area contributed by atoms with E-state index in [1.54, 1.807) is 0 Å². The van der Waals surface area contributed by atoms with Crippen molar-refractivity contribution in [3.05, 3.63) is 48.6 Å². The molecule has 0 aromatic rings. The molecule has 13 heteroatoms. The number of hydrogen-bond acceptors (Lipinski definition) is 11. The molecule has 6 N–H and O–H groups in total. The Morgan fingerprint density at radius 2 is 1.18 bits per heavy atom. The summed E-state index contributed by atoms with van der Waals surface area (Å²) in [7, 11) is -5.02. The van der Waals surface area contributed by atoms with E-state index >= 15 is 0 Å². The minimum atomic E-state index is -5.02. The number of aliphatic hydroxyl groups excluding tert-OH is 5. The van der Waals surface area contributed by atoms with Crippen molar-refractivity contribution in [2.24, 2.45) is 0 Å². The van der Waals surface area contributed by atoms with Crippen molar-refractivity contribution in [2.45, 2.75) is 153 Å². The lowest BCUT2D eigenvalue weighted by molar-refractivity contribution is -0.220. The van der Waals surface area contributed by atoms with Crippen LogP contribution in [0.3, 0.4) is 0 Å². The lowest BCUT2D eigenvalue weighted by Crippen LogP contribution is -2.64. The summed E-state index contributed by atoms with van der Waals surface area (Å²) in [5.41, 5.74) is 0. The first-order chi connectivity index (χ1) is 23.5. The minimum Gasteiger partial charge on any atom is -0.457 e. The highest BCUT2D eigenvalue weighted by Crippen LogP contribution is 2.47. The van der Waals surface area contributed by atoms with Crippen LogP contribution in [-0.4, -0.2) is 98.9 Å². The number of carbonyl (C=O) groups is 1. The average molecular weight is 719 g/mol. The summed E-state index contributed by atoms with van der Waals surface area (Å²) in [4.78, 5) is 22.8. The molecule has 1 aliphatic rings. The van der Waals surface area contributed by atoms with Crippen LogP contribution in [0.5, 0.6) is 0 Å². The van der Waals surface area contributed by atoms with E-state index in [0.717, 1.165) is 51.4 Å². The Balaban J connectivity index is 2.54. The Kier molecular flexibility index (Phi) is 25.9. The first-order valence-electron chi connectivity index (χ1n) is 18.0. The zero-order chi connectivity index (χ0) is 36.3. The third-order valence-electron chi connectivity index (χ3n) is 7.97. The Labute approximate surface area is 293 Å². The number of rotatable bonds is 28. The molecule has 49 heavy (non-hydrogen) atoms. The lowest BCUT2D eigenvalue weighted by atomic mass is 9.85. The maximum absolute atomic E-state index is 12.7. The van der Waals surface area contributed by atoms with E-state index < -0.39 is 63.1 Å². The zero-order valence-corrected chi connectivity index (χ0v) is 30.4. The van der Waals surface area contributed by atoms with Gasteiger partial charge in [0.1, 0.15) is 42.7 Å². The smallest absolute Gasteiger partial charge is 0.457 e. The number of phosphoric ester groups is 1. The molecule has 1 fully saturated rings. The standard InChI is InChI=1S/C36H63O12P/c1-3-5-7-9-11-13-14-15-16-17-18-20-22-24-26-45-27-29(47-30(37)25-23-21-19-12-10-8-6-4-2)28-46-49(43,44)48-36-34(41)32(39)31(38)33(40)35(36)42/h5,7,11,13,15-16,18,20,29,31-36,38-42H,3-4,6,8-10,12,14,17,19,21-28H2,1-2H3,(H,43,44)/b7-5-,13-11-,16-15-,20-18-. The highest BCUT2D eigenvalue weighted by Gasteiger charge is 2.51. The summed E-state index contributed by atoms with van der Waals surface area (Å²) in [6, 6.07) is 0. The van der Waals surface area contributed by atoms with Gasteiger partial charge in [-0.05, 0) is 44.9 Å². The summed E-state index contributed by atoms with van der Waals surface area (Å²) in [6.07, 6.45) is 18.0. The molecule has 6 atom stereocenters. The first-order valence-corrected chi connectivity index (χ1v) is 19.5. The van der Waals surface area contributed by atoms with Crippen molar-refractivity contribution in [3.8, 4) is 0 Å². The molecule has 284 valence electrons. The summed E-state index contributed by atoms with van der Waals surface area (Å²) < 4.78 is 33.7. The molecule has 0 radical (unpaired) electrons. The van der Waals surface area contributed by atoms with Crippen molar-refractivity contribution < 1.29 is 58.3 Å². The van der Waals surface area contributed by atoms with Crippen LogP contribution >= 0.6 is 7.82 Å². The maximum atomic E-state index is 12.7. The van der Waals surface area contributed by atoms with Gasteiger partial charge in [-0.25, -0.2) is 4.57 Å². The molecule has 6 unspecified atom stereocenters. The Morgan fingerprint density at radius 3 is 1.76 bits per heavy atom. The summed E-state index contributed by atoms with van der Waals surface area (Å²) in [6.45, 7) is 3.91. The highest BCUT2D eigenvalue weighted by molar-refractivity contribution is 7.47. The first kappa shape index (κ1) is 45.3. The molecular formula is C36H63O12P. The predicted octanol–water partition coefficient (Wildman–Crippen LogP) is 5.35. The van der Waals surface area contributed by atoms with Crippen LogP contribution in [0.4, 0.5) is 0 Å². The Morgan fingerprint density at radius 1 is 0.673 bits per heavy atom. The fourth-order valence-corrected chi connectivity index (χ4v) is 6.04. The molecule has 0 bridgehead atoms. The third kappa shape index (κ3) is 21.3. The second-order valence-corrected chi connectivity index (χ2v) is 13.7.